The Labute approximate surface area is 130 Å². The molecule has 6 heteroatoms. The molecule has 0 heterocycles. The van der Waals surface area contributed by atoms with Crippen molar-refractivity contribution < 1.29 is 17.9 Å². The third-order valence-electron chi connectivity index (χ3n) is 3.18. The van der Waals surface area contributed by atoms with E-state index in [0.717, 1.165) is 17.0 Å². The number of amides is 1. The van der Waals surface area contributed by atoms with Crippen LogP contribution in [-0.4, -0.2) is 39.0 Å². The maximum absolute atomic E-state index is 11.9. The molecule has 0 unspecified atom stereocenters. The van der Waals surface area contributed by atoms with Crippen LogP contribution >= 0.6 is 0 Å². The number of nitrogens with one attached hydrogen (secondary N) is 1. The maximum atomic E-state index is 11.9. The summed E-state index contributed by atoms with van der Waals surface area (Å²) in [4.78, 5) is 11.9. The number of hydrogen-bond acceptors (Lipinski definition) is 4. The fourth-order valence-corrected chi connectivity index (χ4v) is 2.47. The molecule has 118 valence electrons. The van der Waals surface area contributed by atoms with Gasteiger partial charge < -0.3 is 10.1 Å². The smallest absolute Gasteiger partial charge is 0.260 e. The van der Waals surface area contributed by atoms with E-state index in [2.05, 4.69) is 5.32 Å². The molecule has 22 heavy (non-hydrogen) atoms. The molecule has 2 aromatic carbocycles. The second-order valence-electron chi connectivity index (χ2n) is 5.19. The highest BCUT2D eigenvalue weighted by Crippen LogP contribution is 2.21. The Morgan fingerprint density at radius 2 is 1.86 bits per heavy atom. The van der Waals surface area contributed by atoms with Gasteiger partial charge >= 0.3 is 0 Å². The molecule has 1 N–H and O–H groups in total. The van der Waals surface area contributed by atoms with Crippen molar-refractivity contribution in [3.63, 3.8) is 0 Å². The Morgan fingerprint density at radius 1 is 1.18 bits per heavy atom. The van der Waals surface area contributed by atoms with Gasteiger partial charge in [-0.05, 0) is 29.8 Å². The lowest BCUT2D eigenvalue weighted by molar-refractivity contribution is -0.127. The monoisotopic (exact) mass is 321 g/mol. The number of hydrogen-bond donors (Lipinski definition) is 1. The van der Waals surface area contributed by atoms with Crippen LogP contribution in [0.2, 0.25) is 0 Å². The average molecular weight is 321 g/mol. The largest absolute Gasteiger partial charge is 0.481 e. The SMILES string of the molecule is C[C@@H](Oc1ccc2ccccc2c1)C(=O)NCCS(C)(=O)=O. The summed E-state index contributed by atoms with van der Waals surface area (Å²) in [6, 6.07) is 13.5. The van der Waals surface area contributed by atoms with Crippen LogP contribution in [0.25, 0.3) is 10.8 Å². The average Bonchev–Trinajstić information content (AvgIpc) is 2.45. The topological polar surface area (TPSA) is 72.5 Å². The van der Waals surface area contributed by atoms with E-state index in [1.165, 1.54) is 0 Å². The van der Waals surface area contributed by atoms with Gasteiger partial charge in [0.1, 0.15) is 15.6 Å². The molecule has 0 saturated heterocycles. The van der Waals surface area contributed by atoms with Gasteiger partial charge in [0, 0.05) is 12.8 Å². The van der Waals surface area contributed by atoms with E-state index >= 15 is 0 Å². The highest BCUT2D eigenvalue weighted by atomic mass is 32.2. The Balaban J connectivity index is 1.94. The number of benzene rings is 2. The summed E-state index contributed by atoms with van der Waals surface area (Å²) in [7, 11) is -3.08. The van der Waals surface area contributed by atoms with Crippen LogP contribution in [0.1, 0.15) is 6.92 Å². The van der Waals surface area contributed by atoms with Crippen LogP contribution in [0.5, 0.6) is 5.75 Å². The first-order valence-corrected chi connectivity index (χ1v) is 9.02. The van der Waals surface area contributed by atoms with Gasteiger partial charge in [-0.25, -0.2) is 8.42 Å². The fraction of sp³-hybridized carbons (Fsp3) is 0.312. The van der Waals surface area contributed by atoms with Crippen molar-refractivity contribution in [2.24, 2.45) is 0 Å². The van der Waals surface area contributed by atoms with Gasteiger partial charge in [0.2, 0.25) is 0 Å². The number of sulfone groups is 1. The van der Waals surface area contributed by atoms with E-state index in [9.17, 15) is 13.2 Å². The van der Waals surface area contributed by atoms with Crippen molar-refractivity contribution in [3.05, 3.63) is 42.5 Å². The lowest BCUT2D eigenvalue weighted by atomic mass is 10.1. The van der Waals surface area contributed by atoms with E-state index in [1.54, 1.807) is 6.92 Å². The first-order valence-electron chi connectivity index (χ1n) is 6.96. The number of rotatable bonds is 6. The maximum Gasteiger partial charge on any atom is 0.260 e. The number of carbonyl (C=O) groups is 1. The molecule has 0 radical (unpaired) electrons. The van der Waals surface area contributed by atoms with Crippen molar-refractivity contribution in [1.29, 1.82) is 0 Å². The Hall–Kier alpha value is -2.08. The highest BCUT2D eigenvalue weighted by molar-refractivity contribution is 7.90. The zero-order chi connectivity index (χ0) is 16.2. The van der Waals surface area contributed by atoms with E-state index in [0.29, 0.717) is 5.75 Å². The van der Waals surface area contributed by atoms with Gasteiger partial charge in [0.25, 0.3) is 5.91 Å². The normalized spacial score (nSPS) is 12.8. The summed E-state index contributed by atoms with van der Waals surface area (Å²) in [5, 5.41) is 4.68. The third kappa shape index (κ3) is 4.73. The lowest BCUT2D eigenvalue weighted by Crippen LogP contribution is -2.38. The second-order valence-corrected chi connectivity index (χ2v) is 7.45. The van der Waals surface area contributed by atoms with E-state index < -0.39 is 15.9 Å². The Kier molecular flexibility index (Phi) is 5.03. The molecule has 0 aliphatic heterocycles. The summed E-state index contributed by atoms with van der Waals surface area (Å²) >= 11 is 0. The molecule has 0 aliphatic carbocycles. The van der Waals surface area contributed by atoms with Gasteiger partial charge in [-0.3, -0.25) is 4.79 Å². The van der Waals surface area contributed by atoms with Gasteiger partial charge in [0.05, 0.1) is 5.75 Å². The molecular weight excluding hydrogens is 302 g/mol. The van der Waals surface area contributed by atoms with Gasteiger partial charge in [-0.2, -0.15) is 0 Å². The summed E-state index contributed by atoms with van der Waals surface area (Å²) in [6.07, 6.45) is 0.439. The molecular formula is C16H19NO4S. The first-order chi connectivity index (χ1) is 10.3. The molecule has 0 spiro atoms. The number of carbonyl (C=O) groups excluding carboxylic acids is 1. The van der Waals surface area contributed by atoms with Crippen molar-refractivity contribution in [3.8, 4) is 5.75 Å². The Bertz CT molecular complexity index is 771. The quantitative estimate of drug-likeness (QED) is 0.880. The van der Waals surface area contributed by atoms with Gasteiger partial charge in [-0.1, -0.05) is 30.3 Å². The summed E-state index contributed by atoms with van der Waals surface area (Å²) in [5.74, 6) is 0.183. The minimum atomic E-state index is -3.08. The van der Waals surface area contributed by atoms with E-state index in [1.807, 2.05) is 42.5 Å². The molecule has 2 rings (SSSR count). The molecule has 0 fully saturated rings. The fourth-order valence-electron chi connectivity index (χ4n) is 2.00. The van der Waals surface area contributed by atoms with Crippen molar-refractivity contribution in [2.75, 3.05) is 18.6 Å². The van der Waals surface area contributed by atoms with Crippen LogP contribution in [0.4, 0.5) is 0 Å². The lowest BCUT2D eigenvalue weighted by Gasteiger charge is -2.15. The predicted octanol–water partition coefficient (Wildman–Crippen LogP) is 1.77. The van der Waals surface area contributed by atoms with Crippen LogP contribution < -0.4 is 10.1 Å². The van der Waals surface area contributed by atoms with Crippen LogP contribution in [0.15, 0.2) is 42.5 Å². The van der Waals surface area contributed by atoms with Crippen LogP contribution in [0.3, 0.4) is 0 Å². The number of fused-ring (bicyclic) bond motifs is 1. The zero-order valence-electron chi connectivity index (χ0n) is 12.6. The molecule has 1 amide bonds. The molecule has 5 nitrogen and oxygen atoms in total. The van der Waals surface area contributed by atoms with Crippen molar-refractivity contribution in [1.82, 2.24) is 5.32 Å². The summed E-state index contributed by atoms with van der Waals surface area (Å²) in [6.45, 7) is 1.72. The molecule has 0 bridgehead atoms. The summed E-state index contributed by atoms with van der Waals surface area (Å²) in [5.41, 5.74) is 0. The van der Waals surface area contributed by atoms with Crippen molar-refractivity contribution >= 4 is 26.5 Å². The molecule has 0 saturated carbocycles. The van der Waals surface area contributed by atoms with E-state index in [4.69, 9.17) is 4.74 Å². The molecule has 0 aromatic heterocycles. The van der Waals surface area contributed by atoms with E-state index in [-0.39, 0.29) is 18.2 Å². The molecule has 0 aliphatic rings. The Morgan fingerprint density at radius 3 is 2.55 bits per heavy atom. The number of ether oxygens (including phenoxy) is 1. The minimum absolute atomic E-state index is 0.0819. The van der Waals surface area contributed by atoms with Crippen molar-refractivity contribution in [2.45, 2.75) is 13.0 Å². The molecule has 2 aromatic rings. The van der Waals surface area contributed by atoms with Crippen LogP contribution in [0, 0.1) is 0 Å². The molecule has 1 atom stereocenters. The summed E-state index contributed by atoms with van der Waals surface area (Å²) < 4.78 is 27.6. The highest BCUT2D eigenvalue weighted by Gasteiger charge is 2.15. The van der Waals surface area contributed by atoms with Crippen LogP contribution in [-0.2, 0) is 14.6 Å². The standard InChI is InChI=1S/C16H19NO4S/c1-12(16(18)17-9-10-22(2,19)20)21-15-8-7-13-5-3-4-6-14(13)11-15/h3-8,11-12H,9-10H2,1-2H3,(H,17,18)/t12-/m1/s1. The third-order valence-corrected chi connectivity index (χ3v) is 4.12. The first kappa shape index (κ1) is 16.3. The predicted molar refractivity (Wildman–Crippen MR) is 86.8 cm³/mol. The van der Waals surface area contributed by atoms with Gasteiger partial charge in [-0.15, -0.1) is 0 Å². The zero-order valence-corrected chi connectivity index (χ0v) is 13.4. The second kappa shape index (κ2) is 6.79. The van der Waals surface area contributed by atoms with Gasteiger partial charge in [0.15, 0.2) is 6.10 Å². The minimum Gasteiger partial charge on any atom is -0.481 e.